The molecule has 7 nitrogen and oxygen atoms in total. The van der Waals surface area contributed by atoms with Crippen molar-refractivity contribution in [2.24, 2.45) is 5.10 Å². The summed E-state index contributed by atoms with van der Waals surface area (Å²) < 4.78 is 24.4. The Morgan fingerprint density at radius 2 is 1.78 bits per heavy atom. The highest BCUT2D eigenvalue weighted by Gasteiger charge is 2.15. The fraction of sp³-hybridized carbons (Fsp3) is 0.133. The maximum absolute atomic E-state index is 12.2. The van der Waals surface area contributed by atoms with Gasteiger partial charge < -0.3 is 0 Å². The van der Waals surface area contributed by atoms with Gasteiger partial charge in [0, 0.05) is 12.1 Å². The fourth-order valence-corrected chi connectivity index (χ4v) is 3.02. The molecule has 0 saturated heterocycles. The van der Waals surface area contributed by atoms with E-state index in [0.717, 1.165) is 5.56 Å². The SMILES string of the molecule is Cc1ccc(C)c(S(=O)(=O)NN=Cc2ccc([N+](=O)[O-])cc2)c1. The Labute approximate surface area is 133 Å². The third kappa shape index (κ3) is 4.13. The molecule has 2 rings (SSSR count). The summed E-state index contributed by atoms with van der Waals surface area (Å²) in [4.78, 5) is 12.3. The lowest BCUT2D eigenvalue weighted by atomic mass is 10.2. The van der Waals surface area contributed by atoms with Crippen molar-refractivity contribution in [3.63, 3.8) is 0 Å². The van der Waals surface area contributed by atoms with Crippen molar-refractivity contribution < 1.29 is 13.3 Å². The van der Waals surface area contributed by atoms with Crippen LogP contribution in [0.3, 0.4) is 0 Å². The zero-order valence-corrected chi connectivity index (χ0v) is 13.4. The van der Waals surface area contributed by atoms with Crippen LogP contribution in [-0.2, 0) is 10.0 Å². The maximum atomic E-state index is 12.2. The molecule has 0 bridgehead atoms. The number of hydrazone groups is 1. The predicted octanol–water partition coefficient (Wildman–Crippen LogP) is 2.52. The molecule has 0 aliphatic heterocycles. The van der Waals surface area contributed by atoms with E-state index < -0.39 is 14.9 Å². The van der Waals surface area contributed by atoms with Crippen LogP contribution < -0.4 is 4.83 Å². The number of nitrogens with one attached hydrogen (secondary N) is 1. The van der Waals surface area contributed by atoms with Gasteiger partial charge in [-0.3, -0.25) is 10.1 Å². The summed E-state index contributed by atoms with van der Waals surface area (Å²) in [7, 11) is -3.76. The van der Waals surface area contributed by atoms with E-state index in [1.807, 2.05) is 6.07 Å². The molecule has 0 radical (unpaired) electrons. The number of nitro groups is 1. The zero-order chi connectivity index (χ0) is 17.0. The Balaban J connectivity index is 2.15. The fourth-order valence-electron chi connectivity index (χ4n) is 1.90. The van der Waals surface area contributed by atoms with Gasteiger partial charge in [-0.2, -0.15) is 13.5 Å². The van der Waals surface area contributed by atoms with E-state index in [-0.39, 0.29) is 10.6 Å². The van der Waals surface area contributed by atoms with Gasteiger partial charge in [0.05, 0.1) is 16.0 Å². The van der Waals surface area contributed by atoms with Crippen molar-refractivity contribution in [1.82, 2.24) is 4.83 Å². The number of rotatable bonds is 5. The maximum Gasteiger partial charge on any atom is 0.276 e. The first-order valence-electron chi connectivity index (χ1n) is 6.66. The van der Waals surface area contributed by atoms with Crippen molar-refractivity contribution in [2.45, 2.75) is 18.7 Å². The molecule has 23 heavy (non-hydrogen) atoms. The highest BCUT2D eigenvalue weighted by Crippen LogP contribution is 2.16. The van der Waals surface area contributed by atoms with Gasteiger partial charge in [-0.25, -0.2) is 4.83 Å². The first-order valence-corrected chi connectivity index (χ1v) is 8.14. The molecule has 2 aromatic rings. The topological polar surface area (TPSA) is 102 Å². The Kier molecular flexibility index (Phi) is 4.75. The van der Waals surface area contributed by atoms with E-state index in [9.17, 15) is 18.5 Å². The van der Waals surface area contributed by atoms with Crippen LogP contribution in [0.4, 0.5) is 5.69 Å². The first-order chi connectivity index (χ1) is 10.8. The minimum atomic E-state index is -3.76. The predicted molar refractivity (Wildman–Crippen MR) is 86.9 cm³/mol. The van der Waals surface area contributed by atoms with E-state index in [2.05, 4.69) is 9.93 Å². The van der Waals surface area contributed by atoms with Crippen LogP contribution in [0.1, 0.15) is 16.7 Å². The molecule has 0 unspecified atom stereocenters. The minimum Gasteiger partial charge on any atom is -0.258 e. The first kappa shape index (κ1) is 16.6. The quantitative estimate of drug-likeness (QED) is 0.516. The van der Waals surface area contributed by atoms with E-state index in [4.69, 9.17) is 0 Å². The van der Waals surface area contributed by atoms with Crippen molar-refractivity contribution >= 4 is 21.9 Å². The van der Waals surface area contributed by atoms with Crippen LogP contribution in [0.5, 0.6) is 0 Å². The number of hydrogen-bond donors (Lipinski definition) is 1. The normalized spacial score (nSPS) is 11.6. The summed E-state index contributed by atoms with van der Waals surface area (Å²) in [5.41, 5.74) is 1.95. The van der Waals surface area contributed by atoms with Crippen LogP contribution in [0.25, 0.3) is 0 Å². The van der Waals surface area contributed by atoms with E-state index in [1.54, 1.807) is 26.0 Å². The smallest absolute Gasteiger partial charge is 0.258 e. The molecule has 120 valence electrons. The number of nitrogens with zero attached hydrogens (tertiary/aromatic N) is 2. The van der Waals surface area contributed by atoms with Gasteiger partial charge in [0.2, 0.25) is 0 Å². The number of hydrogen-bond acceptors (Lipinski definition) is 5. The van der Waals surface area contributed by atoms with Gasteiger partial charge in [0.15, 0.2) is 0 Å². The van der Waals surface area contributed by atoms with Gasteiger partial charge in [0.1, 0.15) is 0 Å². The average molecular weight is 333 g/mol. The summed E-state index contributed by atoms with van der Waals surface area (Å²) in [6.07, 6.45) is 1.28. The van der Waals surface area contributed by atoms with Gasteiger partial charge in [-0.05, 0) is 48.7 Å². The Morgan fingerprint density at radius 1 is 1.13 bits per heavy atom. The van der Waals surface area contributed by atoms with Crippen molar-refractivity contribution in [1.29, 1.82) is 0 Å². The van der Waals surface area contributed by atoms with Gasteiger partial charge in [0.25, 0.3) is 15.7 Å². The molecule has 0 heterocycles. The Bertz CT molecular complexity index is 859. The number of benzene rings is 2. The molecule has 0 saturated carbocycles. The van der Waals surface area contributed by atoms with E-state index >= 15 is 0 Å². The van der Waals surface area contributed by atoms with E-state index in [0.29, 0.717) is 11.1 Å². The lowest BCUT2D eigenvalue weighted by Crippen LogP contribution is -2.19. The molecular formula is C15H15N3O4S. The highest BCUT2D eigenvalue weighted by molar-refractivity contribution is 7.89. The third-order valence-electron chi connectivity index (χ3n) is 3.12. The van der Waals surface area contributed by atoms with Crippen LogP contribution in [0.2, 0.25) is 0 Å². The van der Waals surface area contributed by atoms with E-state index in [1.165, 1.54) is 30.5 Å². The summed E-state index contributed by atoms with van der Waals surface area (Å²) in [5.74, 6) is 0. The van der Waals surface area contributed by atoms with Crippen LogP contribution in [0.15, 0.2) is 52.5 Å². The molecule has 8 heteroatoms. The molecule has 0 atom stereocenters. The van der Waals surface area contributed by atoms with Crippen molar-refractivity contribution in [3.05, 3.63) is 69.3 Å². The van der Waals surface area contributed by atoms with Crippen LogP contribution in [-0.4, -0.2) is 19.6 Å². The largest absolute Gasteiger partial charge is 0.276 e. The zero-order valence-electron chi connectivity index (χ0n) is 12.6. The second-order valence-corrected chi connectivity index (χ2v) is 6.60. The summed E-state index contributed by atoms with van der Waals surface area (Å²) in [5, 5.41) is 14.3. The number of aryl methyl sites for hydroxylation is 2. The molecule has 0 aromatic heterocycles. The number of non-ortho nitro benzene ring substituents is 1. The second-order valence-electron chi connectivity index (χ2n) is 4.97. The van der Waals surface area contributed by atoms with Crippen LogP contribution >= 0.6 is 0 Å². The standard InChI is InChI=1S/C15H15N3O4S/c1-11-3-4-12(2)15(9-11)23(21,22)17-16-10-13-5-7-14(8-6-13)18(19)20/h3-10,17H,1-2H3. The molecule has 0 aliphatic carbocycles. The Morgan fingerprint density at radius 3 is 2.39 bits per heavy atom. The Hall–Kier alpha value is -2.74. The van der Waals surface area contributed by atoms with Gasteiger partial charge in [-0.1, -0.05) is 12.1 Å². The lowest BCUT2D eigenvalue weighted by Gasteiger charge is -2.07. The molecular weight excluding hydrogens is 318 g/mol. The minimum absolute atomic E-state index is 0.0434. The average Bonchev–Trinajstić information content (AvgIpc) is 2.50. The summed E-state index contributed by atoms with van der Waals surface area (Å²) in [6.45, 7) is 3.51. The molecule has 2 aromatic carbocycles. The molecule has 1 N–H and O–H groups in total. The molecule has 0 amide bonds. The monoisotopic (exact) mass is 333 g/mol. The van der Waals surface area contributed by atoms with Gasteiger partial charge >= 0.3 is 0 Å². The van der Waals surface area contributed by atoms with Crippen molar-refractivity contribution in [3.8, 4) is 0 Å². The summed E-state index contributed by atoms with van der Waals surface area (Å²) >= 11 is 0. The number of sulfonamides is 1. The summed E-state index contributed by atoms with van der Waals surface area (Å²) in [6, 6.07) is 10.7. The van der Waals surface area contributed by atoms with Crippen molar-refractivity contribution in [2.75, 3.05) is 0 Å². The third-order valence-corrected chi connectivity index (χ3v) is 4.49. The lowest BCUT2D eigenvalue weighted by molar-refractivity contribution is -0.384. The van der Waals surface area contributed by atoms with Gasteiger partial charge in [-0.15, -0.1) is 0 Å². The second kappa shape index (κ2) is 6.57. The number of nitro benzene ring substituents is 1. The highest BCUT2D eigenvalue weighted by atomic mass is 32.2. The van der Waals surface area contributed by atoms with Crippen LogP contribution in [0, 0.1) is 24.0 Å². The molecule has 0 aliphatic rings. The molecule has 0 spiro atoms. The molecule has 0 fully saturated rings.